The molecule has 0 atom stereocenters. The Bertz CT molecular complexity index is 1010. The number of hydrogen-bond donors (Lipinski definition) is 3. The molecule has 3 N–H and O–H groups in total. The summed E-state index contributed by atoms with van der Waals surface area (Å²) in [6.45, 7) is 0. The molecule has 0 aliphatic carbocycles. The zero-order valence-electron chi connectivity index (χ0n) is 13.7. The van der Waals surface area contributed by atoms with E-state index in [1.165, 1.54) is 23.5 Å². The summed E-state index contributed by atoms with van der Waals surface area (Å²) in [5.41, 5.74) is -0.194. The van der Waals surface area contributed by atoms with Crippen molar-refractivity contribution >= 4 is 34.9 Å². The summed E-state index contributed by atoms with van der Waals surface area (Å²) in [5.74, 6) is -2.43. The van der Waals surface area contributed by atoms with Crippen LogP contribution in [0.5, 0.6) is 11.5 Å². The molecule has 0 saturated heterocycles. The number of ether oxygens (including phenoxy) is 1. The fourth-order valence-corrected chi connectivity index (χ4v) is 2.94. The number of hydrogen-bond acceptors (Lipinski definition) is 5. The van der Waals surface area contributed by atoms with Crippen molar-refractivity contribution in [3.05, 3.63) is 76.0 Å². The van der Waals surface area contributed by atoms with Crippen molar-refractivity contribution < 1.29 is 29.3 Å². The van der Waals surface area contributed by atoms with E-state index in [4.69, 9.17) is 9.84 Å². The van der Waals surface area contributed by atoms with Gasteiger partial charge in [0.1, 0.15) is 11.5 Å². The fourth-order valence-electron chi connectivity index (χ4n) is 2.32. The number of carbonyl (C=O) groups excluding carboxylic acids is 1. The van der Waals surface area contributed by atoms with Gasteiger partial charge in [-0.2, -0.15) is 0 Å². The Morgan fingerprint density at radius 1 is 0.852 bits per heavy atom. The van der Waals surface area contributed by atoms with Crippen molar-refractivity contribution in [3.63, 3.8) is 0 Å². The lowest BCUT2D eigenvalue weighted by molar-refractivity contribution is 0.0651. The lowest BCUT2D eigenvalue weighted by Gasteiger charge is -2.10. The van der Waals surface area contributed by atoms with Crippen LogP contribution in [0.15, 0.2) is 60.0 Å². The lowest BCUT2D eigenvalue weighted by atomic mass is 10.1. The summed E-state index contributed by atoms with van der Waals surface area (Å²) in [6.07, 6.45) is 0. The van der Waals surface area contributed by atoms with Crippen LogP contribution >= 0.6 is 11.3 Å². The van der Waals surface area contributed by atoms with E-state index in [1.807, 2.05) is 0 Å². The van der Waals surface area contributed by atoms with Gasteiger partial charge < -0.3 is 20.3 Å². The number of rotatable bonds is 6. The number of benzene rings is 2. The first kappa shape index (κ1) is 18.2. The minimum absolute atomic E-state index is 0.166. The molecule has 27 heavy (non-hydrogen) atoms. The largest absolute Gasteiger partial charge is 0.478 e. The predicted molar refractivity (Wildman–Crippen MR) is 99.1 cm³/mol. The molecule has 136 valence electrons. The number of nitrogens with one attached hydrogen (secondary N) is 1. The minimum Gasteiger partial charge on any atom is -0.478 e. The lowest BCUT2D eigenvalue weighted by Crippen LogP contribution is -2.10. The highest BCUT2D eigenvalue weighted by Gasteiger charge is 2.17. The summed E-state index contributed by atoms with van der Waals surface area (Å²) in [6, 6.07) is 13.7. The minimum atomic E-state index is -1.37. The third-order valence-corrected chi connectivity index (χ3v) is 4.39. The van der Waals surface area contributed by atoms with Crippen molar-refractivity contribution in [1.82, 2.24) is 0 Å². The molecular formula is C19H13NO6S. The van der Waals surface area contributed by atoms with Crippen molar-refractivity contribution in [2.45, 2.75) is 0 Å². The highest BCUT2D eigenvalue weighted by atomic mass is 32.1. The Kier molecular flexibility index (Phi) is 5.18. The van der Waals surface area contributed by atoms with Crippen LogP contribution in [0.25, 0.3) is 0 Å². The molecule has 1 heterocycles. The van der Waals surface area contributed by atoms with Gasteiger partial charge in [-0.3, -0.25) is 4.79 Å². The Morgan fingerprint density at radius 2 is 1.59 bits per heavy atom. The van der Waals surface area contributed by atoms with E-state index in [2.05, 4.69) is 5.32 Å². The molecule has 8 heteroatoms. The SMILES string of the molecule is O=C(Nc1cccc(Oc2ccc(C(=O)O)c(C(=O)O)c2)c1)c1cccs1. The number of amides is 1. The molecular weight excluding hydrogens is 370 g/mol. The maximum atomic E-state index is 12.1. The first-order chi connectivity index (χ1) is 12.9. The normalized spacial score (nSPS) is 10.2. The van der Waals surface area contributed by atoms with E-state index in [0.717, 1.165) is 6.07 Å². The van der Waals surface area contributed by atoms with Gasteiger partial charge in [0, 0.05) is 11.8 Å². The van der Waals surface area contributed by atoms with Gasteiger partial charge in [0.2, 0.25) is 0 Å². The van der Waals surface area contributed by atoms with Crippen LogP contribution in [0, 0.1) is 0 Å². The van der Waals surface area contributed by atoms with Gasteiger partial charge in [-0.1, -0.05) is 12.1 Å². The van der Waals surface area contributed by atoms with Crippen molar-refractivity contribution in [2.24, 2.45) is 0 Å². The van der Waals surface area contributed by atoms with Gasteiger partial charge in [0.25, 0.3) is 5.91 Å². The molecule has 0 radical (unpaired) electrons. The molecule has 3 rings (SSSR count). The van der Waals surface area contributed by atoms with Crippen LogP contribution in [0.2, 0.25) is 0 Å². The smallest absolute Gasteiger partial charge is 0.336 e. The molecule has 2 aromatic carbocycles. The highest BCUT2D eigenvalue weighted by molar-refractivity contribution is 7.12. The van der Waals surface area contributed by atoms with Gasteiger partial charge >= 0.3 is 11.9 Å². The third-order valence-electron chi connectivity index (χ3n) is 3.52. The second-order valence-corrected chi connectivity index (χ2v) is 6.33. The molecule has 3 aromatic rings. The summed E-state index contributed by atoms with van der Waals surface area (Å²) >= 11 is 1.32. The third kappa shape index (κ3) is 4.31. The molecule has 0 aliphatic rings. The van der Waals surface area contributed by atoms with E-state index in [0.29, 0.717) is 16.3 Å². The summed E-state index contributed by atoms with van der Waals surface area (Å²) in [7, 11) is 0. The Balaban J connectivity index is 1.80. The second-order valence-electron chi connectivity index (χ2n) is 5.38. The second kappa shape index (κ2) is 7.71. The van der Waals surface area contributed by atoms with Gasteiger partial charge in [-0.15, -0.1) is 11.3 Å². The fraction of sp³-hybridized carbons (Fsp3) is 0. The summed E-state index contributed by atoms with van der Waals surface area (Å²) in [5, 5.41) is 22.8. The molecule has 0 spiro atoms. The van der Waals surface area contributed by atoms with Crippen molar-refractivity contribution in [2.75, 3.05) is 5.32 Å². The van der Waals surface area contributed by atoms with E-state index >= 15 is 0 Å². The molecule has 1 amide bonds. The molecule has 1 aromatic heterocycles. The molecule has 0 bridgehead atoms. The summed E-state index contributed by atoms with van der Waals surface area (Å²) in [4.78, 5) is 35.0. The molecule has 0 fully saturated rings. The van der Waals surface area contributed by atoms with Gasteiger partial charge in [0.15, 0.2) is 0 Å². The van der Waals surface area contributed by atoms with E-state index in [1.54, 1.807) is 41.8 Å². The first-order valence-electron chi connectivity index (χ1n) is 7.67. The molecule has 0 unspecified atom stereocenters. The monoisotopic (exact) mass is 383 g/mol. The van der Waals surface area contributed by atoms with Crippen LogP contribution in [0.1, 0.15) is 30.4 Å². The number of carboxylic acid groups (broad SMARTS) is 2. The van der Waals surface area contributed by atoms with Crippen LogP contribution in [0.3, 0.4) is 0 Å². The standard InChI is InChI=1S/C19H13NO6S/c21-17(16-5-2-8-27-16)20-11-3-1-4-12(9-11)26-13-6-7-14(18(22)23)15(10-13)19(24)25/h1-10H,(H,20,21)(H,22,23)(H,24,25). The molecule has 0 aliphatic heterocycles. The van der Waals surface area contributed by atoms with Crippen LogP contribution < -0.4 is 10.1 Å². The Morgan fingerprint density at radius 3 is 2.26 bits per heavy atom. The number of carboxylic acids is 2. The zero-order chi connectivity index (χ0) is 19.4. The van der Waals surface area contributed by atoms with Crippen LogP contribution in [-0.2, 0) is 0 Å². The summed E-state index contributed by atoms with van der Waals surface area (Å²) < 4.78 is 5.61. The van der Waals surface area contributed by atoms with E-state index < -0.39 is 11.9 Å². The highest BCUT2D eigenvalue weighted by Crippen LogP contribution is 2.27. The van der Waals surface area contributed by atoms with Gasteiger partial charge in [0.05, 0.1) is 16.0 Å². The first-order valence-corrected chi connectivity index (χ1v) is 8.55. The Labute approximate surface area is 157 Å². The van der Waals surface area contributed by atoms with E-state index in [9.17, 15) is 19.5 Å². The number of anilines is 1. The zero-order valence-corrected chi connectivity index (χ0v) is 14.5. The Hall–Kier alpha value is -3.65. The topological polar surface area (TPSA) is 113 Å². The number of thiophene rings is 1. The average molecular weight is 383 g/mol. The van der Waals surface area contributed by atoms with Crippen LogP contribution in [0.4, 0.5) is 5.69 Å². The predicted octanol–water partition coefficient (Wildman–Crippen LogP) is 4.19. The molecule has 7 nitrogen and oxygen atoms in total. The van der Waals surface area contributed by atoms with E-state index in [-0.39, 0.29) is 22.8 Å². The maximum absolute atomic E-state index is 12.1. The maximum Gasteiger partial charge on any atom is 0.336 e. The van der Waals surface area contributed by atoms with Gasteiger partial charge in [-0.05, 0) is 41.8 Å². The number of aromatic carboxylic acids is 2. The van der Waals surface area contributed by atoms with Crippen molar-refractivity contribution in [3.8, 4) is 11.5 Å². The molecule has 0 saturated carbocycles. The van der Waals surface area contributed by atoms with Crippen LogP contribution in [-0.4, -0.2) is 28.1 Å². The number of carbonyl (C=O) groups is 3. The van der Waals surface area contributed by atoms with Crippen molar-refractivity contribution in [1.29, 1.82) is 0 Å². The average Bonchev–Trinajstić information content (AvgIpc) is 3.16. The van der Waals surface area contributed by atoms with Gasteiger partial charge in [-0.25, -0.2) is 9.59 Å². The quantitative estimate of drug-likeness (QED) is 0.588.